The number of carbonyl (C=O) groups excluding carboxylic acids is 2. The molecule has 4 heterocycles. The zero-order valence-corrected chi connectivity index (χ0v) is 16.7. The molecule has 3 aliphatic heterocycles. The van der Waals surface area contributed by atoms with Crippen molar-refractivity contribution in [3.8, 4) is 0 Å². The number of fused-ring (bicyclic) bond motifs is 1. The first-order chi connectivity index (χ1) is 13.5. The second kappa shape index (κ2) is 7.33. The lowest BCUT2D eigenvalue weighted by atomic mass is 9.77. The van der Waals surface area contributed by atoms with Crippen LogP contribution in [0.25, 0.3) is 0 Å². The molecule has 1 N–H and O–H groups in total. The number of nitrogens with zero attached hydrogens (tertiary/aromatic N) is 3. The number of rotatable bonds is 8. The Hall–Kier alpha value is -2.19. The van der Waals surface area contributed by atoms with Gasteiger partial charge in [0, 0.05) is 12.6 Å². The Morgan fingerprint density at radius 2 is 2.21 bits per heavy atom. The van der Waals surface area contributed by atoms with E-state index >= 15 is 0 Å². The van der Waals surface area contributed by atoms with Gasteiger partial charge in [-0.05, 0) is 33.0 Å². The number of hydrogen-bond donors (Lipinski definition) is 1. The molecule has 0 radical (unpaired) electrons. The largest absolute Gasteiger partial charge is 0.360 e. The summed E-state index contributed by atoms with van der Waals surface area (Å²) in [6, 6.07) is 1.73. The molecule has 4 rings (SSSR count). The van der Waals surface area contributed by atoms with Crippen LogP contribution in [0.15, 0.2) is 22.7 Å². The Morgan fingerprint density at radius 1 is 1.43 bits per heavy atom. The SMILES string of the molecule is CCN(CC)CCCNC(=O)[C@@H]1[C@H]2C=C[C@@]3(CN(c4cc(C)on4)C(=O)[C@@H]13)O2. The Morgan fingerprint density at radius 3 is 2.89 bits per heavy atom. The Bertz CT molecular complexity index is 787. The molecule has 2 bridgehead atoms. The summed E-state index contributed by atoms with van der Waals surface area (Å²) in [6.07, 6.45) is 4.41. The van der Waals surface area contributed by atoms with Gasteiger partial charge in [-0.15, -0.1) is 0 Å². The molecule has 0 unspecified atom stereocenters. The second-order valence-electron chi connectivity index (χ2n) is 7.79. The number of aryl methyl sites for hydroxylation is 1. The quantitative estimate of drug-likeness (QED) is 0.530. The molecule has 28 heavy (non-hydrogen) atoms. The number of nitrogens with one attached hydrogen (secondary N) is 1. The first kappa shape index (κ1) is 19.1. The van der Waals surface area contributed by atoms with Crippen LogP contribution in [-0.2, 0) is 14.3 Å². The van der Waals surface area contributed by atoms with Gasteiger partial charge in [0.1, 0.15) is 11.4 Å². The van der Waals surface area contributed by atoms with Crippen molar-refractivity contribution in [3.05, 3.63) is 24.0 Å². The highest BCUT2D eigenvalue weighted by atomic mass is 16.5. The van der Waals surface area contributed by atoms with Crippen LogP contribution in [0.4, 0.5) is 5.82 Å². The van der Waals surface area contributed by atoms with Gasteiger partial charge in [0.25, 0.3) is 0 Å². The fraction of sp³-hybridized carbons (Fsp3) is 0.650. The molecule has 1 spiro atoms. The fourth-order valence-electron chi connectivity index (χ4n) is 4.64. The Kier molecular flexibility index (Phi) is 5.01. The van der Waals surface area contributed by atoms with E-state index in [1.165, 1.54) is 0 Å². The third-order valence-electron chi connectivity index (χ3n) is 6.14. The van der Waals surface area contributed by atoms with Crippen molar-refractivity contribution >= 4 is 17.6 Å². The predicted octanol–water partition coefficient (Wildman–Crippen LogP) is 1.12. The van der Waals surface area contributed by atoms with Gasteiger partial charge >= 0.3 is 0 Å². The van der Waals surface area contributed by atoms with Crippen LogP contribution in [0.5, 0.6) is 0 Å². The van der Waals surface area contributed by atoms with Crippen molar-refractivity contribution in [1.29, 1.82) is 0 Å². The molecular formula is C20H28N4O4. The van der Waals surface area contributed by atoms with E-state index in [1.807, 2.05) is 12.2 Å². The molecule has 0 saturated carbocycles. The van der Waals surface area contributed by atoms with E-state index in [0.717, 1.165) is 26.1 Å². The van der Waals surface area contributed by atoms with Crippen LogP contribution in [-0.4, -0.2) is 66.3 Å². The van der Waals surface area contributed by atoms with Crippen LogP contribution in [0, 0.1) is 18.8 Å². The van der Waals surface area contributed by atoms with Gasteiger partial charge in [0.05, 0.1) is 24.5 Å². The lowest BCUT2D eigenvalue weighted by Crippen LogP contribution is -2.44. The molecular weight excluding hydrogens is 360 g/mol. The lowest BCUT2D eigenvalue weighted by molar-refractivity contribution is -0.131. The number of carbonyl (C=O) groups is 2. The highest BCUT2D eigenvalue weighted by Gasteiger charge is 2.67. The highest BCUT2D eigenvalue weighted by Crippen LogP contribution is 2.52. The molecule has 2 amide bonds. The van der Waals surface area contributed by atoms with E-state index in [9.17, 15) is 9.59 Å². The van der Waals surface area contributed by atoms with Gasteiger partial charge in [-0.1, -0.05) is 31.2 Å². The molecule has 2 saturated heterocycles. The second-order valence-corrected chi connectivity index (χ2v) is 7.79. The minimum atomic E-state index is -0.738. The zero-order valence-electron chi connectivity index (χ0n) is 16.7. The summed E-state index contributed by atoms with van der Waals surface area (Å²) in [7, 11) is 0. The van der Waals surface area contributed by atoms with Crippen molar-refractivity contribution in [2.45, 2.75) is 38.9 Å². The number of anilines is 1. The summed E-state index contributed by atoms with van der Waals surface area (Å²) in [6.45, 7) is 9.97. The van der Waals surface area contributed by atoms with Gasteiger partial charge in [-0.2, -0.15) is 0 Å². The van der Waals surface area contributed by atoms with E-state index in [-0.39, 0.29) is 17.9 Å². The first-order valence-corrected chi connectivity index (χ1v) is 10.1. The molecule has 0 aromatic carbocycles. The van der Waals surface area contributed by atoms with E-state index in [0.29, 0.717) is 24.7 Å². The summed E-state index contributed by atoms with van der Waals surface area (Å²) in [5.41, 5.74) is -0.738. The predicted molar refractivity (Wildman–Crippen MR) is 103 cm³/mol. The van der Waals surface area contributed by atoms with Crippen LogP contribution in [0.3, 0.4) is 0 Å². The Labute approximate surface area is 164 Å². The maximum absolute atomic E-state index is 13.1. The maximum atomic E-state index is 13.1. The lowest BCUT2D eigenvalue weighted by Gasteiger charge is -2.23. The van der Waals surface area contributed by atoms with Crippen molar-refractivity contribution in [2.24, 2.45) is 11.8 Å². The number of amides is 2. The van der Waals surface area contributed by atoms with Crippen LogP contribution in [0.1, 0.15) is 26.0 Å². The van der Waals surface area contributed by atoms with E-state index < -0.39 is 17.4 Å². The average Bonchev–Trinajstić information content (AvgIpc) is 3.43. The highest BCUT2D eigenvalue weighted by molar-refractivity contribution is 6.02. The zero-order chi connectivity index (χ0) is 19.9. The topological polar surface area (TPSA) is 87.9 Å². The summed E-state index contributed by atoms with van der Waals surface area (Å²) >= 11 is 0. The standard InChI is InChI=1S/C20H28N4O4/c1-4-23(5-2)10-6-9-21-18(25)16-14-7-8-20(27-14)12-24(19(26)17(16)20)15-11-13(3)28-22-15/h7-8,11,14,16-17H,4-6,9-10,12H2,1-3H3,(H,21,25)/t14-,16-,17-,20+/m1/s1. The molecule has 8 nitrogen and oxygen atoms in total. The van der Waals surface area contributed by atoms with Crippen LogP contribution < -0.4 is 10.2 Å². The first-order valence-electron chi connectivity index (χ1n) is 10.1. The van der Waals surface area contributed by atoms with Crippen molar-refractivity contribution in [1.82, 2.24) is 15.4 Å². The monoisotopic (exact) mass is 388 g/mol. The third-order valence-corrected chi connectivity index (χ3v) is 6.14. The molecule has 0 aliphatic carbocycles. The molecule has 4 atom stereocenters. The van der Waals surface area contributed by atoms with Gasteiger partial charge in [0.15, 0.2) is 5.82 Å². The molecule has 8 heteroatoms. The van der Waals surface area contributed by atoms with E-state index in [1.54, 1.807) is 17.9 Å². The third kappa shape index (κ3) is 3.04. The van der Waals surface area contributed by atoms with Gasteiger partial charge in [-0.25, -0.2) is 0 Å². The smallest absolute Gasteiger partial charge is 0.235 e. The number of aromatic nitrogens is 1. The minimum absolute atomic E-state index is 0.104. The average molecular weight is 388 g/mol. The van der Waals surface area contributed by atoms with E-state index in [4.69, 9.17) is 9.26 Å². The maximum Gasteiger partial charge on any atom is 0.235 e. The molecule has 2 fully saturated rings. The number of hydrogen-bond acceptors (Lipinski definition) is 6. The van der Waals surface area contributed by atoms with Gasteiger partial charge in [0.2, 0.25) is 11.8 Å². The summed E-state index contributed by atoms with van der Waals surface area (Å²) < 4.78 is 11.2. The Balaban J connectivity index is 1.42. The molecule has 1 aromatic rings. The van der Waals surface area contributed by atoms with Crippen LogP contribution >= 0.6 is 0 Å². The molecule has 3 aliphatic rings. The van der Waals surface area contributed by atoms with Crippen LogP contribution in [0.2, 0.25) is 0 Å². The minimum Gasteiger partial charge on any atom is -0.360 e. The molecule has 152 valence electrons. The fourth-order valence-corrected chi connectivity index (χ4v) is 4.64. The van der Waals surface area contributed by atoms with Crippen molar-refractivity contribution in [3.63, 3.8) is 0 Å². The van der Waals surface area contributed by atoms with E-state index in [2.05, 4.69) is 29.2 Å². The van der Waals surface area contributed by atoms with Gasteiger partial charge in [-0.3, -0.25) is 14.5 Å². The summed E-state index contributed by atoms with van der Waals surface area (Å²) in [4.78, 5) is 29.9. The van der Waals surface area contributed by atoms with Gasteiger partial charge < -0.3 is 19.5 Å². The summed E-state index contributed by atoms with van der Waals surface area (Å²) in [5.74, 6) is -0.118. The molecule has 1 aromatic heterocycles. The summed E-state index contributed by atoms with van der Waals surface area (Å²) in [5, 5.41) is 6.98. The number of ether oxygens (including phenoxy) is 1. The van der Waals surface area contributed by atoms with Crippen molar-refractivity contribution < 1.29 is 18.8 Å². The normalized spacial score (nSPS) is 30.5. The van der Waals surface area contributed by atoms with Crippen molar-refractivity contribution in [2.75, 3.05) is 37.6 Å².